The fourth-order valence-electron chi connectivity index (χ4n) is 3.77. The van der Waals surface area contributed by atoms with Crippen LogP contribution in [0.3, 0.4) is 0 Å². The Labute approximate surface area is 169 Å². The summed E-state index contributed by atoms with van der Waals surface area (Å²) in [6.07, 6.45) is 6.89. The van der Waals surface area contributed by atoms with Crippen molar-refractivity contribution in [1.29, 1.82) is 0 Å². The molecule has 0 bridgehead atoms. The van der Waals surface area contributed by atoms with Crippen LogP contribution in [0.5, 0.6) is 5.75 Å². The molecule has 1 atom stereocenters. The SMILES string of the molecule is COc1ccc(-c2cnc(N)nc2[C@@H]2CCCN(C(=O)c3cccnc3)C2)cc1. The zero-order valence-corrected chi connectivity index (χ0v) is 16.3. The van der Waals surface area contributed by atoms with Gasteiger partial charge in [0.25, 0.3) is 5.91 Å². The number of carbonyl (C=O) groups excluding carboxylic acids is 1. The number of nitrogen functional groups attached to an aromatic ring is 1. The molecule has 2 N–H and O–H groups in total. The smallest absolute Gasteiger partial charge is 0.255 e. The van der Waals surface area contributed by atoms with E-state index in [2.05, 4.69) is 15.0 Å². The minimum atomic E-state index is -0.00387. The van der Waals surface area contributed by atoms with Crippen molar-refractivity contribution in [3.63, 3.8) is 0 Å². The molecular formula is C22H23N5O2. The number of pyridine rings is 1. The lowest BCUT2D eigenvalue weighted by Crippen LogP contribution is -2.39. The van der Waals surface area contributed by atoms with E-state index in [1.807, 2.05) is 29.2 Å². The van der Waals surface area contributed by atoms with Gasteiger partial charge < -0.3 is 15.4 Å². The maximum atomic E-state index is 12.9. The number of hydrogen-bond acceptors (Lipinski definition) is 6. The van der Waals surface area contributed by atoms with Crippen LogP contribution in [0.2, 0.25) is 0 Å². The summed E-state index contributed by atoms with van der Waals surface area (Å²) in [6.45, 7) is 1.32. The quantitative estimate of drug-likeness (QED) is 0.737. The molecular weight excluding hydrogens is 366 g/mol. The molecule has 0 unspecified atom stereocenters. The third kappa shape index (κ3) is 4.03. The van der Waals surface area contributed by atoms with Gasteiger partial charge in [-0.2, -0.15) is 0 Å². The Kier molecular flexibility index (Phi) is 5.37. The highest BCUT2D eigenvalue weighted by Crippen LogP contribution is 2.34. The molecule has 1 amide bonds. The summed E-state index contributed by atoms with van der Waals surface area (Å²) in [5, 5.41) is 0. The maximum absolute atomic E-state index is 12.9. The van der Waals surface area contributed by atoms with Crippen molar-refractivity contribution in [2.24, 2.45) is 0 Å². The summed E-state index contributed by atoms with van der Waals surface area (Å²) in [4.78, 5) is 27.6. The van der Waals surface area contributed by atoms with Gasteiger partial charge in [0.1, 0.15) is 5.75 Å². The lowest BCUT2D eigenvalue weighted by Gasteiger charge is -2.33. The van der Waals surface area contributed by atoms with Crippen molar-refractivity contribution in [1.82, 2.24) is 19.9 Å². The molecule has 29 heavy (non-hydrogen) atoms. The fourth-order valence-corrected chi connectivity index (χ4v) is 3.77. The molecule has 7 nitrogen and oxygen atoms in total. The Morgan fingerprint density at radius 1 is 1.21 bits per heavy atom. The molecule has 4 rings (SSSR count). The molecule has 0 saturated carbocycles. The zero-order chi connectivity index (χ0) is 20.2. The third-order valence-electron chi connectivity index (χ3n) is 5.24. The van der Waals surface area contributed by atoms with Crippen molar-refractivity contribution in [2.45, 2.75) is 18.8 Å². The minimum absolute atomic E-state index is 0.00387. The molecule has 0 spiro atoms. The average molecular weight is 389 g/mol. The number of methoxy groups -OCH3 is 1. The molecule has 1 aliphatic rings. The maximum Gasteiger partial charge on any atom is 0.255 e. The van der Waals surface area contributed by atoms with Gasteiger partial charge in [0, 0.05) is 43.2 Å². The standard InChI is InChI=1S/C22H23N5O2/c1-29-18-8-6-15(7-9-18)19-13-25-22(23)26-20(19)17-5-3-11-27(14-17)21(28)16-4-2-10-24-12-16/h2,4,6-10,12-13,17H,3,5,11,14H2,1H3,(H2,23,25,26)/t17-/m1/s1. The number of nitrogens with two attached hydrogens (primary N) is 1. The van der Waals surface area contributed by atoms with E-state index in [-0.39, 0.29) is 17.8 Å². The van der Waals surface area contributed by atoms with Crippen LogP contribution in [0.1, 0.15) is 34.8 Å². The minimum Gasteiger partial charge on any atom is -0.497 e. The summed E-state index contributed by atoms with van der Waals surface area (Å²) in [5.74, 6) is 1.12. The van der Waals surface area contributed by atoms with E-state index >= 15 is 0 Å². The Balaban J connectivity index is 1.63. The number of hydrogen-bond donors (Lipinski definition) is 1. The number of anilines is 1. The summed E-state index contributed by atoms with van der Waals surface area (Å²) < 4.78 is 5.25. The van der Waals surface area contributed by atoms with Crippen LogP contribution in [0, 0.1) is 0 Å². The van der Waals surface area contributed by atoms with Crippen LogP contribution in [0.25, 0.3) is 11.1 Å². The summed E-state index contributed by atoms with van der Waals surface area (Å²) in [6, 6.07) is 11.4. The highest BCUT2D eigenvalue weighted by Gasteiger charge is 2.28. The van der Waals surface area contributed by atoms with Crippen LogP contribution in [0.4, 0.5) is 5.95 Å². The third-order valence-corrected chi connectivity index (χ3v) is 5.24. The molecule has 0 aliphatic carbocycles. The number of aromatic nitrogens is 3. The van der Waals surface area contributed by atoms with E-state index in [9.17, 15) is 4.79 Å². The average Bonchev–Trinajstić information content (AvgIpc) is 2.79. The van der Waals surface area contributed by atoms with E-state index < -0.39 is 0 Å². The summed E-state index contributed by atoms with van der Waals surface area (Å²) >= 11 is 0. The van der Waals surface area contributed by atoms with Gasteiger partial charge in [-0.05, 0) is 42.7 Å². The Morgan fingerprint density at radius 3 is 2.76 bits per heavy atom. The van der Waals surface area contributed by atoms with E-state index in [0.717, 1.165) is 42.0 Å². The number of carbonyl (C=O) groups is 1. The van der Waals surface area contributed by atoms with Gasteiger partial charge in [-0.25, -0.2) is 9.97 Å². The normalized spacial score (nSPS) is 16.4. The molecule has 148 valence electrons. The second-order valence-corrected chi connectivity index (χ2v) is 7.09. The molecule has 1 aliphatic heterocycles. The Bertz CT molecular complexity index is 992. The van der Waals surface area contributed by atoms with Crippen LogP contribution >= 0.6 is 0 Å². The Hall–Kier alpha value is -3.48. The predicted octanol–water partition coefficient (Wildman–Crippen LogP) is 3.15. The van der Waals surface area contributed by atoms with Crippen molar-refractivity contribution in [3.05, 3.63) is 66.2 Å². The topological polar surface area (TPSA) is 94.2 Å². The predicted molar refractivity (Wildman–Crippen MR) is 111 cm³/mol. The Morgan fingerprint density at radius 2 is 2.03 bits per heavy atom. The van der Waals surface area contributed by atoms with Crippen molar-refractivity contribution < 1.29 is 9.53 Å². The molecule has 1 saturated heterocycles. The van der Waals surface area contributed by atoms with Crippen LogP contribution < -0.4 is 10.5 Å². The first-order valence-corrected chi connectivity index (χ1v) is 9.62. The second-order valence-electron chi connectivity index (χ2n) is 7.09. The molecule has 0 radical (unpaired) electrons. The number of piperidine rings is 1. The summed E-state index contributed by atoms with van der Waals surface area (Å²) in [5.41, 5.74) is 9.33. The van der Waals surface area contributed by atoms with E-state index in [1.165, 1.54) is 0 Å². The molecule has 7 heteroatoms. The van der Waals surface area contributed by atoms with Gasteiger partial charge in [0.05, 0.1) is 18.4 Å². The fraction of sp³-hybridized carbons (Fsp3) is 0.273. The molecule has 1 aromatic carbocycles. The van der Waals surface area contributed by atoms with Gasteiger partial charge in [-0.3, -0.25) is 9.78 Å². The van der Waals surface area contributed by atoms with Crippen molar-refractivity contribution in [3.8, 4) is 16.9 Å². The molecule has 3 heterocycles. The van der Waals surface area contributed by atoms with Crippen molar-refractivity contribution >= 4 is 11.9 Å². The monoisotopic (exact) mass is 389 g/mol. The van der Waals surface area contributed by atoms with Crippen LogP contribution in [-0.2, 0) is 0 Å². The van der Waals surface area contributed by atoms with Gasteiger partial charge in [-0.1, -0.05) is 12.1 Å². The first-order valence-electron chi connectivity index (χ1n) is 9.62. The van der Waals surface area contributed by atoms with Crippen LogP contribution in [-0.4, -0.2) is 46.0 Å². The van der Waals surface area contributed by atoms with Gasteiger partial charge in [0.2, 0.25) is 5.95 Å². The summed E-state index contributed by atoms with van der Waals surface area (Å²) in [7, 11) is 1.64. The number of amides is 1. The van der Waals surface area contributed by atoms with Gasteiger partial charge in [-0.15, -0.1) is 0 Å². The van der Waals surface area contributed by atoms with Gasteiger partial charge >= 0.3 is 0 Å². The number of benzene rings is 1. The lowest BCUT2D eigenvalue weighted by molar-refractivity contribution is 0.0705. The van der Waals surface area contributed by atoms with E-state index in [1.54, 1.807) is 37.8 Å². The molecule has 3 aromatic rings. The second kappa shape index (κ2) is 8.26. The molecule has 1 fully saturated rings. The van der Waals surface area contributed by atoms with Crippen LogP contribution in [0.15, 0.2) is 55.0 Å². The first kappa shape index (κ1) is 18.9. The first-order chi connectivity index (χ1) is 14.2. The van der Waals surface area contributed by atoms with E-state index in [4.69, 9.17) is 10.5 Å². The molecule has 2 aromatic heterocycles. The van der Waals surface area contributed by atoms with Crippen molar-refractivity contribution in [2.75, 3.05) is 25.9 Å². The number of likely N-dealkylation sites (tertiary alicyclic amines) is 1. The largest absolute Gasteiger partial charge is 0.497 e. The highest BCUT2D eigenvalue weighted by atomic mass is 16.5. The van der Waals surface area contributed by atoms with Gasteiger partial charge in [0.15, 0.2) is 0 Å². The number of nitrogens with zero attached hydrogens (tertiary/aromatic N) is 4. The van der Waals surface area contributed by atoms with E-state index in [0.29, 0.717) is 12.1 Å². The number of ether oxygens (including phenoxy) is 1. The highest BCUT2D eigenvalue weighted by molar-refractivity contribution is 5.94. The lowest BCUT2D eigenvalue weighted by atomic mass is 9.89. The number of rotatable bonds is 4. The zero-order valence-electron chi connectivity index (χ0n) is 16.3.